The first-order chi connectivity index (χ1) is 14.6. The van der Waals surface area contributed by atoms with Crippen LogP contribution >= 0.6 is 11.6 Å². The van der Waals surface area contributed by atoms with Crippen LogP contribution in [0.1, 0.15) is 53.9 Å². The maximum atomic E-state index is 12.5. The summed E-state index contributed by atoms with van der Waals surface area (Å²) in [7, 11) is 0. The highest BCUT2D eigenvalue weighted by atomic mass is 35.5. The Labute approximate surface area is 181 Å². The summed E-state index contributed by atoms with van der Waals surface area (Å²) in [6, 6.07) is 13.3. The molecule has 2 aromatic carbocycles. The number of anilines is 1. The summed E-state index contributed by atoms with van der Waals surface area (Å²) in [6.45, 7) is 2.38. The van der Waals surface area contributed by atoms with Gasteiger partial charge in [0.25, 0.3) is 5.91 Å². The van der Waals surface area contributed by atoms with Gasteiger partial charge in [0, 0.05) is 27.9 Å². The molecular formula is C23H25ClN4O2. The zero-order valence-electron chi connectivity index (χ0n) is 17.0. The lowest BCUT2D eigenvalue weighted by atomic mass is 9.95. The average Bonchev–Trinajstić information content (AvgIpc) is 3.23. The largest absolute Gasteiger partial charge is 0.376 e. The molecule has 1 fully saturated rings. The molecule has 0 bridgehead atoms. The van der Waals surface area contributed by atoms with E-state index < -0.39 is 0 Å². The van der Waals surface area contributed by atoms with Crippen LogP contribution in [0.3, 0.4) is 0 Å². The van der Waals surface area contributed by atoms with Crippen molar-refractivity contribution in [1.82, 2.24) is 15.5 Å². The van der Waals surface area contributed by atoms with Crippen molar-refractivity contribution < 1.29 is 9.32 Å². The smallest absolute Gasteiger partial charge is 0.251 e. The summed E-state index contributed by atoms with van der Waals surface area (Å²) >= 11 is 5.92. The van der Waals surface area contributed by atoms with E-state index in [9.17, 15) is 4.79 Å². The lowest BCUT2D eigenvalue weighted by molar-refractivity contribution is 0.0927. The molecule has 156 valence electrons. The molecule has 0 atom stereocenters. The summed E-state index contributed by atoms with van der Waals surface area (Å²) in [5.74, 6) is 1.01. The van der Waals surface area contributed by atoms with Crippen LogP contribution < -0.4 is 10.6 Å². The molecule has 1 aliphatic rings. The van der Waals surface area contributed by atoms with Crippen molar-refractivity contribution in [2.75, 3.05) is 5.32 Å². The van der Waals surface area contributed by atoms with Crippen LogP contribution in [-0.2, 0) is 6.54 Å². The molecule has 0 aliphatic heterocycles. The Morgan fingerprint density at radius 1 is 1.13 bits per heavy atom. The van der Waals surface area contributed by atoms with Crippen LogP contribution in [0.25, 0.3) is 11.4 Å². The molecule has 1 saturated carbocycles. The van der Waals surface area contributed by atoms with E-state index in [4.69, 9.17) is 16.1 Å². The molecule has 0 saturated heterocycles. The van der Waals surface area contributed by atoms with Crippen molar-refractivity contribution in [3.63, 3.8) is 0 Å². The van der Waals surface area contributed by atoms with Gasteiger partial charge in [-0.25, -0.2) is 0 Å². The molecular weight excluding hydrogens is 400 g/mol. The van der Waals surface area contributed by atoms with E-state index in [2.05, 4.69) is 20.8 Å². The Kier molecular flexibility index (Phi) is 6.33. The maximum Gasteiger partial charge on any atom is 0.251 e. The van der Waals surface area contributed by atoms with Crippen molar-refractivity contribution in [1.29, 1.82) is 0 Å². The predicted molar refractivity (Wildman–Crippen MR) is 118 cm³/mol. The minimum atomic E-state index is 0.000979. The molecule has 1 aromatic heterocycles. The molecule has 0 radical (unpaired) electrons. The molecule has 2 N–H and O–H groups in total. The van der Waals surface area contributed by atoms with Gasteiger partial charge in [0.05, 0.1) is 6.54 Å². The fourth-order valence-corrected chi connectivity index (χ4v) is 3.86. The molecule has 1 aliphatic carbocycles. The lowest BCUT2D eigenvalue weighted by Gasteiger charge is -2.23. The second-order valence-electron chi connectivity index (χ2n) is 7.71. The van der Waals surface area contributed by atoms with Gasteiger partial charge in [0.2, 0.25) is 11.7 Å². The highest BCUT2D eigenvalue weighted by Gasteiger charge is 2.17. The molecule has 1 amide bonds. The summed E-state index contributed by atoms with van der Waals surface area (Å²) in [4.78, 5) is 17.0. The number of hydrogen-bond donors (Lipinski definition) is 2. The van der Waals surface area contributed by atoms with Gasteiger partial charge >= 0.3 is 0 Å². The first-order valence-corrected chi connectivity index (χ1v) is 10.7. The lowest BCUT2D eigenvalue weighted by Crippen LogP contribution is -2.36. The number of nitrogens with zero attached hydrogens (tertiary/aromatic N) is 2. The third kappa shape index (κ3) is 5.00. The summed E-state index contributed by atoms with van der Waals surface area (Å²) in [5, 5.41) is 11.1. The second kappa shape index (κ2) is 9.30. The second-order valence-corrected chi connectivity index (χ2v) is 8.15. The van der Waals surface area contributed by atoms with E-state index in [1.165, 1.54) is 19.3 Å². The molecule has 3 aromatic rings. The van der Waals surface area contributed by atoms with Gasteiger partial charge in [-0.1, -0.05) is 36.0 Å². The van der Waals surface area contributed by atoms with Crippen molar-refractivity contribution in [2.24, 2.45) is 0 Å². The minimum Gasteiger partial charge on any atom is -0.376 e. The predicted octanol–water partition coefficient (Wildman–Crippen LogP) is 5.37. The topological polar surface area (TPSA) is 80.0 Å². The molecule has 6 nitrogen and oxygen atoms in total. The standard InChI is InChI=1S/C23H25ClN4O2/c1-15-13-17(23(29)26-19-5-3-2-4-6-19)9-12-20(15)25-14-21-27-22(28-30-21)16-7-10-18(24)11-8-16/h7-13,19,25H,2-6,14H2,1H3,(H,26,29). The highest BCUT2D eigenvalue weighted by molar-refractivity contribution is 6.30. The quantitative estimate of drug-likeness (QED) is 0.555. The number of aromatic nitrogens is 2. The highest BCUT2D eigenvalue weighted by Crippen LogP contribution is 2.22. The zero-order chi connectivity index (χ0) is 20.9. The van der Waals surface area contributed by atoms with Crippen LogP contribution in [0.15, 0.2) is 47.0 Å². The normalized spacial score (nSPS) is 14.5. The summed E-state index contributed by atoms with van der Waals surface area (Å²) in [6.07, 6.45) is 5.82. The zero-order valence-corrected chi connectivity index (χ0v) is 17.7. The summed E-state index contributed by atoms with van der Waals surface area (Å²) < 4.78 is 5.34. The Balaban J connectivity index is 1.36. The van der Waals surface area contributed by atoms with Crippen LogP contribution in [-0.4, -0.2) is 22.1 Å². The van der Waals surface area contributed by atoms with Gasteiger partial charge < -0.3 is 15.2 Å². The van der Waals surface area contributed by atoms with Gasteiger partial charge in [-0.3, -0.25) is 4.79 Å². The third-order valence-electron chi connectivity index (χ3n) is 5.43. The number of halogens is 1. The average molecular weight is 425 g/mol. The van der Waals surface area contributed by atoms with Crippen molar-refractivity contribution in [3.8, 4) is 11.4 Å². The van der Waals surface area contributed by atoms with Crippen molar-refractivity contribution in [3.05, 3.63) is 64.5 Å². The fourth-order valence-electron chi connectivity index (χ4n) is 3.73. The number of benzene rings is 2. The van der Waals surface area contributed by atoms with E-state index in [0.717, 1.165) is 29.7 Å². The summed E-state index contributed by atoms with van der Waals surface area (Å²) in [5.41, 5.74) is 3.45. The number of hydrogen-bond acceptors (Lipinski definition) is 5. The van der Waals surface area contributed by atoms with Crippen molar-refractivity contribution in [2.45, 2.75) is 51.6 Å². The van der Waals surface area contributed by atoms with Crippen molar-refractivity contribution >= 4 is 23.2 Å². The Bertz CT molecular complexity index is 1010. The number of amides is 1. The van der Waals surface area contributed by atoms with E-state index in [1.807, 2.05) is 37.3 Å². The Hall–Kier alpha value is -2.86. The minimum absolute atomic E-state index is 0.000979. The van der Waals surface area contributed by atoms with E-state index in [0.29, 0.717) is 34.9 Å². The first-order valence-electron chi connectivity index (χ1n) is 10.3. The molecule has 30 heavy (non-hydrogen) atoms. The van der Waals surface area contributed by atoms with Gasteiger partial charge in [0.15, 0.2) is 0 Å². The SMILES string of the molecule is Cc1cc(C(=O)NC2CCCCC2)ccc1NCc1nc(-c2ccc(Cl)cc2)no1. The van der Waals surface area contributed by atoms with Crippen LogP contribution in [0.4, 0.5) is 5.69 Å². The number of rotatable bonds is 6. The number of aryl methyl sites for hydroxylation is 1. The Morgan fingerprint density at radius 2 is 1.90 bits per heavy atom. The van der Waals surface area contributed by atoms with E-state index in [-0.39, 0.29) is 5.91 Å². The maximum absolute atomic E-state index is 12.5. The Morgan fingerprint density at radius 3 is 2.63 bits per heavy atom. The third-order valence-corrected chi connectivity index (χ3v) is 5.68. The van der Waals surface area contributed by atoms with Crippen LogP contribution in [0, 0.1) is 6.92 Å². The molecule has 0 unspecified atom stereocenters. The van der Waals surface area contributed by atoms with E-state index >= 15 is 0 Å². The molecule has 0 spiro atoms. The number of carbonyl (C=O) groups is 1. The van der Waals surface area contributed by atoms with Gasteiger partial charge in [-0.2, -0.15) is 4.98 Å². The van der Waals surface area contributed by atoms with Gasteiger partial charge in [-0.15, -0.1) is 0 Å². The van der Waals surface area contributed by atoms with Gasteiger partial charge in [-0.05, 0) is 67.8 Å². The number of nitrogens with one attached hydrogen (secondary N) is 2. The monoisotopic (exact) mass is 424 g/mol. The number of carbonyl (C=O) groups excluding carboxylic acids is 1. The molecule has 1 heterocycles. The van der Waals surface area contributed by atoms with Crippen LogP contribution in [0.2, 0.25) is 5.02 Å². The molecule has 4 rings (SSSR count). The first kappa shape index (κ1) is 20.4. The molecule has 7 heteroatoms. The van der Waals surface area contributed by atoms with Crippen LogP contribution in [0.5, 0.6) is 0 Å². The van der Waals surface area contributed by atoms with Gasteiger partial charge in [0.1, 0.15) is 0 Å². The fraction of sp³-hybridized carbons (Fsp3) is 0.348. The van der Waals surface area contributed by atoms with E-state index in [1.54, 1.807) is 12.1 Å².